The number of hydrogen-bond donors (Lipinski definition) is 1. The highest BCUT2D eigenvalue weighted by Gasteiger charge is 2.11. The van der Waals surface area contributed by atoms with Gasteiger partial charge in [0.15, 0.2) is 0 Å². The Bertz CT molecular complexity index is 615. The van der Waals surface area contributed by atoms with Gasteiger partial charge in [-0.05, 0) is 36.8 Å². The molecule has 2 nitrogen and oxygen atoms in total. The molecule has 0 radical (unpaired) electrons. The van der Waals surface area contributed by atoms with E-state index in [0.717, 1.165) is 11.3 Å². The number of aryl methyl sites for hydroxylation is 1. The van der Waals surface area contributed by atoms with Crippen molar-refractivity contribution in [1.82, 2.24) is 0 Å². The van der Waals surface area contributed by atoms with Gasteiger partial charge in [-0.15, -0.1) is 0 Å². The van der Waals surface area contributed by atoms with Crippen molar-refractivity contribution in [3.63, 3.8) is 0 Å². The van der Waals surface area contributed by atoms with Crippen LogP contribution in [-0.4, -0.2) is 6.61 Å². The molecule has 0 fully saturated rings. The molecule has 0 unspecified atom stereocenters. The van der Waals surface area contributed by atoms with E-state index in [1.54, 1.807) is 12.1 Å². The van der Waals surface area contributed by atoms with E-state index < -0.39 is 6.61 Å². The molecule has 0 aliphatic carbocycles. The minimum absolute atomic E-state index is 0.0895. The summed E-state index contributed by atoms with van der Waals surface area (Å²) in [6.45, 7) is -0.706. The van der Waals surface area contributed by atoms with E-state index in [0.29, 0.717) is 15.6 Å². The highest BCUT2D eigenvalue weighted by molar-refractivity contribution is 6.33. The number of benzene rings is 2. The van der Waals surface area contributed by atoms with Crippen molar-refractivity contribution in [2.45, 2.75) is 20.1 Å². The molecule has 2 aromatic carbocycles. The molecule has 112 valence electrons. The van der Waals surface area contributed by atoms with Gasteiger partial charge in [-0.1, -0.05) is 35.3 Å². The average molecular weight is 332 g/mol. The molecule has 0 spiro atoms. The molecule has 2 rings (SSSR count). The predicted octanol–water partition coefficient (Wildman–Crippen LogP) is 5.52. The van der Waals surface area contributed by atoms with Gasteiger partial charge in [0.1, 0.15) is 5.75 Å². The summed E-state index contributed by atoms with van der Waals surface area (Å²) in [6, 6.07) is 10.0. The molecule has 0 aliphatic rings. The lowest BCUT2D eigenvalue weighted by atomic mass is 10.1. The monoisotopic (exact) mass is 331 g/mol. The Morgan fingerprint density at radius 2 is 1.95 bits per heavy atom. The number of alkyl halides is 2. The minimum Gasteiger partial charge on any atom is -0.434 e. The first-order chi connectivity index (χ1) is 9.97. The van der Waals surface area contributed by atoms with Crippen LogP contribution in [-0.2, 0) is 6.54 Å². The van der Waals surface area contributed by atoms with Crippen LogP contribution in [0.15, 0.2) is 36.4 Å². The van der Waals surface area contributed by atoms with E-state index in [4.69, 9.17) is 23.2 Å². The van der Waals surface area contributed by atoms with Crippen molar-refractivity contribution in [3.05, 3.63) is 57.6 Å². The topological polar surface area (TPSA) is 21.3 Å². The quantitative estimate of drug-likeness (QED) is 0.779. The SMILES string of the molecule is Cc1cccc(Cl)c1NCc1cc(Cl)ccc1OC(F)F. The van der Waals surface area contributed by atoms with Gasteiger partial charge in [-0.2, -0.15) is 8.78 Å². The van der Waals surface area contributed by atoms with Gasteiger partial charge in [0, 0.05) is 17.1 Å². The first kappa shape index (κ1) is 15.9. The number of para-hydroxylation sites is 1. The third kappa shape index (κ3) is 4.22. The van der Waals surface area contributed by atoms with Gasteiger partial charge >= 0.3 is 6.61 Å². The van der Waals surface area contributed by atoms with Gasteiger partial charge < -0.3 is 10.1 Å². The summed E-state index contributed by atoms with van der Waals surface area (Å²) in [5, 5.41) is 4.13. The van der Waals surface area contributed by atoms with Crippen molar-refractivity contribution in [1.29, 1.82) is 0 Å². The second-order valence-corrected chi connectivity index (χ2v) is 5.26. The van der Waals surface area contributed by atoms with E-state index in [9.17, 15) is 8.78 Å². The zero-order valence-corrected chi connectivity index (χ0v) is 12.7. The molecule has 0 aromatic heterocycles. The lowest BCUT2D eigenvalue weighted by Gasteiger charge is -2.15. The smallest absolute Gasteiger partial charge is 0.387 e. The molecule has 0 saturated heterocycles. The number of nitrogens with one attached hydrogen (secondary N) is 1. The van der Waals surface area contributed by atoms with Crippen molar-refractivity contribution >= 4 is 28.9 Å². The van der Waals surface area contributed by atoms with Gasteiger partial charge in [0.05, 0.1) is 10.7 Å². The highest BCUT2D eigenvalue weighted by atomic mass is 35.5. The fourth-order valence-electron chi connectivity index (χ4n) is 1.94. The number of anilines is 1. The van der Waals surface area contributed by atoms with E-state index in [2.05, 4.69) is 10.1 Å². The van der Waals surface area contributed by atoms with Crippen LogP contribution in [0.25, 0.3) is 0 Å². The maximum absolute atomic E-state index is 12.4. The Kier molecular flexibility index (Phi) is 5.26. The number of ether oxygens (including phenoxy) is 1. The maximum atomic E-state index is 12.4. The predicted molar refractivity (Wildman–Crippen MR) is 81.6 cm³/mol. The van der Waals surface area contributed by atoms with Crippen LogP contribution in [0, 0.1) is 6.92 Å². The molecule has 0 amide bonds. The number of halogens is 4. The van der Waals surface area contributed by atoms with Gasteiger partial charge in [0.25, 0.3) is 0 Å². The summed E-state index contributed by atoms with van der Waals surface area (Å²) in [5.74, 6) is 0.0895. The molecule has 0 heterocycles. The molecule has 0 atom stereocenters. The standard InChI is InChI=1S/C15H13Cl2F2NO/c1-9-3-2-4-12(17)14(9)20-8-10-7-11(16)5-6-13(10)21-15(18)19/h2-7,15,20H,8H2,1H3. The van der Waals surface area contributed by atoms with Crippen LogP contribution in [0.1, 0.15) is 11.1 Å². The Morgan fingerprint density at radius 3 is 2.62 bits per heavy atom. The second kappa shape index (κ2) is 6.96. The molecular weight excluding hydrogens is 319 g/mol. The lowest BCUT2D eigenvalue weighted by molar-refractivity contribution is -0.0504. The number of rotatable bonds is 5. The first-order valence-corrected chi connectivity index (χ1v) is 6.95. The van der Waals surface area contributed by atoms with E-state index in [1.165, 1.54) is 12.1 Å². The third-order valence-electron chi connectivity index (χ3n) is 2.92. The second-order valence-electron chi connectivity index (χ2n) is 4.42. The zero-order valence-electron chi connectivity index (χ0n) is 11.2. The molecule has 0 bridgehead atoms. The van der Waals surface area contributed by atoms with Gasteiger partial charge in [-0.25, -0.2) is 0 Å². The van der Waals surface area contributed by atoms with Gasteiger partial charge in [0.2, 0.25) is 0 Å². The van der Waals surface area contributed by atoms with E-state index >= 15 is 0 Å². The van der Waals surface area contributed by atoms with Crippen molar-refractivity contribution < 1.29 is 13.5 Å². The minimum atomic E-state index is -2.88. The zero-order chi connectivity index (χ0) is 15.4. The lowest BCUT2D eigenvalue weighted by Crippen LogP contribution is -2.08. The molecule has 21 heavy (non-hydrogen) atoms. The Balaban J connectivity index is 2.21. The summed E-state index contributed by atoms with van der Waals surface area (Å²) in [7, 11) is 0. The van der Waals surface area contributed by atoms with E-state index in [1.807, 2.05) is 19.1 Å². The number of hydrogen-bond acceptors (Lipinski definition) is 2. The highest BCUT2D eigenvalue weighted by Crippen LogP contribution is 2.29. The molecular formula is C15H13Cl2F2NO. The summed E-state index contributed by atoms with van der Waals surface area (Å²) in [4.78, 5) is 0. The van der Waals surface area contributed by atoms with Crippen LogP contribution >= 0.6 is 23.2 Å². The van der Waals surface area contributed by atoms with Crippen LogP contribution < -0.4 is 10.1 Å². The Hall–Kier alpha value is -1.52. The summed E-state index contributed by atoms with van der Waals surface area (Å²) < 4.78 is 29.3. The maximum Gasteiger partial charge on any atom is 0.387 e. The molecule has 2 aromatic rings. The third-order valence-corrected chi connectivity index (χ3v) is 3.47. The van der Waals surface area contributed by atoms with Gasteiger partial charge in [-0.3, -0.25) is 0 Å². The summed E-state index contributed by atoms with van der Waals surface area (Å²) in [5.41, 5.74) is 2.24. The Labute approximate surface area is 131 Å². The molecule has 0 aliphatic heterocycles. The van der Waals surface area contributed by atoms with Crippen LogP contribution in [0.2, 0.25) is 10.0 Å². The summed E-state index contributed by atoms with van der Waals surface area (Å²) in [6.07, 6.45) is 0. The molecule has 0 saturated carbocycles. The first-order valence-electron chi connectivity index (χ1n) is 6.19. The average Bonchev–Trinajstić information content (AvgIpc) is 2.40. The largest absolute Gasteiger partial charge is 0.434 e. The molecule has 6 heteroatoms. The fraction of sp³-hybridized carbons (Fsp3) is 0.200. The van der Waals surface area contributed by atoms with Crippen LogP contribution in [0.3, 0.4) is 0 Å². The van der Waals surface area contributed by atoms with Crippen LogP contribution in [0.4, 0.5) is 14.5 Å². The van der Waals surface area contributed by atoms with Crippen LogP contribution in [0.5, 0.6) is 5.75 Å². The normalized spacial score (nSPS) is 10.8. The Morgan fingerprint density at radius 1 is 1.19 bits per heavy atom. The van der Waals surface area contributed by atoms with Crippen molar-refractivity contribution in [3.8, 4) is 5.75 Å². The van der Waals surface area contributed by atoms with Crippen molar-refractivity contribution in [2.24, 2.45) is 0 Å². The summed E-state index contributed by atoms with van der Waals surface area (Å²) >= 11 is 12.0. The van der Waals surface area contributed by atoms with Crippen molar-refractivity contribution in [2.75, 3.05) is 5.32 Å². The van der Waals surface area contributed by atoms with E-state index in [-0.39, 0.29) is 12.3 Å². The fourth-order valence-corrected chi connectivity index (χ4v) is 2.42. The molecule has 1 N–H and O–H groups in total.